The largest absolute Gasteiger partial charge is 0.314 e. The van der Waals surface area contributed by atoms with Gasteiger partial charge in [-0.1, -0.05) is 0 Å². The van der Waals surface area contributed by atoms with Gasteiger partial charge in [-0.2, -0.15) is 0 Å². The van der Waals surface area contributed by atoms with Crippen molar-refractivity contribution in [3.63, 3.8) is 0 Å². The van der Waals surface area contributed by atoms with Gasteiger partial charge in [-0.05, 0) is 32.6 Å². The summed E-state index contributed by atoms with van der Waals surface area (Å²) in [5.41, 5.74) is 0. The first-order chi connectivity index (χ1) is 5.75. The highest BCUT2D eigenvalue weighted by atomic mass is 15.2. The highest BCUT2D eigenvalue weighted by Gasteiger charge is 2.30. The van der Waals surface area contributed by atoms with E-state index >= 15 is 0 Å². The number of hydrogen-bond donors (Lipinski definition) is 1. The third kappa shape index (κ3) is 1.99. The van der Waals surface area contributed by atoms with Crippen LogP contribution in [0.2, 0.25) is 0 Å². The van der Waals surface area contributed by atoms with E-state index in [1.807, 2.05) is 0 Å². The lowest BCUT2D eigenvalue weighted by Crippen LogP contribution is -2.53. The van der Waals surface area contributed by atoms with Crippen LogP contribution in [0, 0.1) is 5.92 Å². The molecule has 0 spiro atoms. The van der Waals surface area contributed by atoms with Crippen molar-refractivity contribution in [2.24, 2.45) is 5.92 Å². The Balaban J connectivity index is 1.55. The van der Waals surface area contributed by atoms with Crippen LogP contribution in [0.4, 0.5) is 0 Å². The van der Waals surface area contributed by atoms with Gasteiger partial charge in [0.2, 0.25) is 0 Å². The molecule has 1 saturated heterocycles. The molecule has 0 atom stereocenters. The molecular formula is C10H20N2. The fourth-order valence-corrected chi connectivity index (χ4v) is 1.78. The van der Waals surface area contributed by atoms with Crippen molar-refractivity contribution in [2.45, 2.75) is 38.8 Å². The fourth-order valence-electron chi connectivity index (χ4n) is 1.78. The Hall–Kier alpha value is -0.0800. The highest BCUT2D eigenvalue weighted by Crippen LogP contribution is 2.21. The average Bonchev–Trinajstić information content (AvgIpc) is 2.66. The summed E-state index contributed by atoms with van der Waals surface area (Å²) in [5.74, 6) is 0.938. The summed E-state index contributed by atoms with van der Waals surface area (Å²) >= 11 is 0. The summed E-state index contributed by atoms with van der Waals surface area (Å²) in [5, 5.41) is 3.59. The predicted octanol–water partition coefficient (Wildman–Crippen LogP) is 1.08. The average molecular weight is 168 g/mol. The van der Waals surface area contributed by atoms with Gasteiger partial charge in [-0.15, -0.1) is 0 Å². The molecule has 2 heteroatoms. The molecule has 1 aliphatic heterocycles. The summed E-state index contributed by atoms with van der Waals surface area (Å²) in [4.78, 5) is 2.54. The minimum absolute atomic E-state index is 0.752. The molecule has 2 aliphatic rings. The topological polar surface area (TPSA) is 15.3 Å². The molecule has 2 rings (SSSR count). The molecule has 2 nitrogen and oxygen atoms in total. The van der Waals surface area contributed by atoms with E-state index in [9.17, 15) is 0 Å². The zero-order chi connectivity index (χ0) is 8.55. The molecule has 2 fully saturated rings. The molecule has 12 heavy (non-hydrogen) atoms. The molecule has 0 radical (unpaired) electrons. The third-order valence-electron chi connectivity index (χ3n) is 2.99. The molecular weight excluding hydrogens is 148 g/mol. The van der Waals surface area contributed by atoms with E-state index in [2.05, 4.69) is 24.1 Å². The number of nitrogens with zero attached hydrogens (tertiary/aromatic N) is 1. The number of likely N-dealkylation sites (tertiary alicyclic amines) is 1. The SMILES string of the molecule is CC(C)N1CC(CNC2CC2)C1. The minimum Gasteiger partial charge on any atom is -0.314 e. The molecule has 1 N–H and O–H groups in total. The maximum atomic E-state index is 3.59. The fraction of sp³-hybridized carbons (Fsp3) is 1.00. The van der Waals surface area contributed by atoms with Crippen molar-refractivity contribution in [2.75, 3.05) is 19.6 Å². The number of hydrogen-bond acceptors (Lipinski definition) is 2. The van der Waals surface area contributed by atoms with E-state index in [0.717, 1.165) is 18.0 Å². The van der Waals surface area contributed by atoms with E-state index in [0.29, 0.717) is 0 Å². The van der Waals surface area contributed by atoms with Gasteiger partial charge in [0.15, 0.2) is 0 Å². The summed E-state index contributed by atoms with van der Waals surface area (Å²) in [6, 6.07) is 1.64. The maximum Gasteiger partial charge on any atom is 0.00683 e. The van der Waals surface area contributed by atoms with Crippen LogP contribution < -0.4 is 5.32 Å². The third-order valence-corrected chi connectivity index (χ3v) is 2.99. The molecule has 1 aliphatic carbocycles. The van der Waals surface area contributed by atoms with Crippen LogP contribution in [0.5, 0.6) is 0 Å². The van der Waals surface area contributed by atoms with E-state index in [-0.39, 0.29) is 0 Å². The lowest BCUT2D eigenvalue weighted by molar-refractivity contribution is 0.0675. The van der Waals surface area contributed by atoms with Gasteiger partial charge >= 0.3 is 0 Å². The van der Waals surface area contributed by atoms with Gasteiger partial charge in [0.25, 0.3) is 0 Å². The predicted molar refractivity (Wildman–Crippen MR) is 51.2 cm³/mol. The Morgan fingerprint density at radius 2 is 2.00 bits per heavy atom. The van der Waals surface area contributed by atoms with Crippen molar-refractivity contribution in [1.82, 2.24) is 10.2 Å². The van der Waals surface area contributed by atoms with Crippen molar-refractivity contribution in [1.29, 1.82) is 0 Å². The van der Waals surface area contributed by atoms with Crippen LogP contribution in [0.15, 0.2) is 0 Å². The van der Waals surface area contributed by atoms with Gasteiger partial charge in [-0.3, -0.25) is 0 Å². The Kier molecular flexibility index (Phi) is 2.37. The maximum absolute atomic E-state index is 3.59. The van der Waals surface area contributed by atoms with Gasteiger partial charge in [0.1, 0.15) is 0 Å². The van der Waals surface area contributed by atoms with E-state index in [4.69, 9.17) is 0 Å². The molecule has 70 valence electrons. The molecule has 0 aromatic carbocycles. The molecule has 0 amide bonds. The molecule has 0 aromatic heterocycles. The smallest absolute Gasteiger partial charge is 0.00683 e. The summed E-state index contributed by atoms with van der Waals surface area (Å²) in [7, 11) is 0. The van der Waals surface area contributed by atoms with Crippen molar-refractivity contribution in [3.8, 4) is 0 Å². The van der Waals surface area contributed by atoms with Crippen LogP contribution in [-0.4, -0.2) is 36.6 Å². The molecule has 0 bridgehead atoms. The lowest BCUT2D eigenvalue weighted by Gasteiger charge is -2.42. The zero-order valence-corrected chi connectivity index (χ0v) is 8.21. The quantitative estimate of drug-likeness (QED) is 0.675. The normalized spacial score (nSPS) is 26.2. The van der Waals surface area contributed by atoms with Gasteiger partial charge in [0.05, 0.1) is 0 Å². The van der Waals surface area contributed by atoms with Crippen LogP contribution in [0.25, 0.3) is 0 Å². The monoisotopic (exact) mass is 168 g/mol. The van der Waals surface area contributed by atoms with Crippen LogP contribution >= 0.6 is 0 Å². The first kappa shape index (κ1) is 8.52. The first-order valence-corrected chi connectivity index (χ1v) is 5.23. The Morgan fingerprint density at radius 1 is 1.33 bits per heavy atom. The summed E-state index contributed by atoms with van der Waals surface area (Å²) in [6.07, 6.45) is 2.83. The van der Waals surface area contributed by atoms with Crippen molar-refractivity contribution in [3.05, 3.63) is 0 Å². The minimum atomic E-state index is 0.752. The standard InChI is InChI=1S/C10H20N2/c1-8(2)12-6-9(7-12)5-11-10-3-4-10/h8-11H,3-7H2,1-2H3. The van der Waals surface area contributed by atoms with Crippen LogP contribution in [0.3, 0.4) is 0 Å². The Labute approximate surface area is 75.3 Å². The summed E-state index contributed by atoms with van der Waals surface area (Å²) in [6.45, 7) is 8.46. The van der Waals surface area contributed by atoms with E-state index < -0.39 is 0 Å². The van der Waals surface area contributed by atoms with Crippen LogP contribution in [-0.2, 0) is 0 Å². The molecule has 0 aromatic rings. The number of rotatable bonds is 4. The Bertz CT molecular complexity index is 143. The second-order valence-corrected chi connectivity index (χ2v) is 4.60. The van der Waals surface area contributed by atoms with Crippen molar-refractivity contribution >= 4 is 0 Å². The van der Waals surface area contributed by atoms with Crippen molar-refractivity contribution < 1.29 is 0 Å². The van der Waals surface area contributed by atoms with Gasteiger partial charge < -0.3 is 10.2 Å². The van der Waals surface area contributed by atoms with Crippen LogP contribution in [0.1, 0.15) is 26.7 Å². The second-order valence-electron chi connectivity index (χ2n) is 4.60. The molecule has 1 saturated carbocycles. The second kappa shape index (κ2) is 3.35. The zero-order valence-electron chi connectivity index (χ0n) is 8.21. The molecule has 0 unspecified atom stereocenters. The number of nitrogens with one attached hydrogen (secondary N) is 1. The van der Waals surface area contributed by atoms with Gasteiger partial charge in [0, 0.05) is 31.7 Å². The summed E-state index contributed by atoms with van der Waals surface area (Å²) < 4.78 is 0. The Morgan fingerprint density at radius 3 is 2.50 bits per heavy atom. The first-order valence-electron chi connectivity index (χ1n) is 5.23. The van der Waals surface area contributed by atoms with Gasteiger partial charge in [-0.25, -0.2) is 0 Å². The van der Waals surface area contributed by atoms with E-state index in [1.165, 1.54) is 32.5 Å². The van der Waals surface area contributed by atoms with E-state index in [1.54, 1.807) is 0 Å². The molecule has 1 heterocycles. The highest BCUT2D eigenvalue weighted by molar-refractivity contribution is 4.87. The lowest BCUT2D eigenvalue weighted by atomic mass is 9.98.